The molecule has 0 spiro atoms. The molecule has 0 unspecified atom stereocenters. The van der Waals surface area contributed by atoms with Gasteiger partial charge in [-0.15, -0.1) is 11.3 Å². The number of nitrogens with one attached hydrogen (secondary N) is 2. The highest BCUT2D eigenvalue weighted by Crippen LogP contribution is 2.28. The second-order valence-electron chi connectivity index (χ2n) is 6.09. The van der Waals surface area contributed by atoms with Crippen molar-refractivity contribution in [1.29, 1.82) is 0 Å². The molecule has 2 aromatic rings. The highest BCUT2D eigenvalue weighted by molar-refractivity contribution is 7.15. The first-order chi connectivity index (χ1) is 11.1. The van der Waals surface area contributed by atoms with E-state index >= 15 is 0 Å². The lowest BCUT2D eigenvalue weighted by Gasteiger charge is -2.25. The molecule has 0 aliphatic carbocycles. The summed E-state index contributed by atoms with van der Waals surface area (Å²) in [5.41, 5.74) is 2.45. The summed E-state index contributed by atoms with van der Waals surface area (Å²) >= 11 is 1.58. The molecular formula is C17H22N4OS. The maximum absolute atomic E-state index is 11.8. The number of carbonyl (C=O) groups is 1. The van der Waals surface area contributed by atoms with Crippen molar-refractivity contribution in [3.05, 3.63) is 46.5 Å². The minimum absolute atomic E-state index is 0.117. The molecule has 2 amide bonds. The first-order valence-corrected chi connectivity index (χ1v) is 8.74. The Bertz CT molecular complexity index is 668. The minimum atomic E-state index is -0.188. The van der Waals surface area contributed by atoms with Crippen molar-refractivity contribution < 1.29 is 4.79 Å². The quantitative estimate of drug-likeness (QED) is 0.905. The van der Waals surface area contributed by atoms with Crippen molar-refractivity contribution in [2.45, 2.75) is 39.4 Å². The van der Waals surface area contributed by atoms with E-state index in [1.807, 2.05) is 19.9 Å². The minimum Gasteiger partial charge on any atom is -0.336 e. The van der Waals surface area contributed by atoms with Crippen LogP contribution in [-0.4, -0.2) is 28.5 Å². The summed E-state index contributed by atoms with van der Waals surface area (Å²) in [6, 6.07) is 10.4. The first kappa shape index (κ1) is 16.0. The molecule has 1 aliphatic rings. The van der Waals surface area contributed by atoms with E-state index in [2.05, 4.69) is 44.8 Å². The summed E-state index contributed by atoms with van der Waals surface area (Å²) in [5, 5.41) is 6.34. The molecule has 1 aliphatic heterocycles. The van der Waals surface area contributed by atoms with Gasteiger partial charge in [0.05, 0.1) is 5.69 Å². The van der Waals surface area contributed by atoms with Crippen molar-refractivity contribution >= 4 is 22.5 Å². The van der Waals surface area contributed by atoms with Crippen LogP contribution >= 0.6 is 11.3 Å². The van der Waals surface area contributed by atoms with Gasteiger partial charge in [-0.2, -0.15) is 0 Å². The van der Waals surface area contributed by atoms with Crippen LogP contribution in [0, 0.1) is 0 Å². The molecule has 122 valence electrons. The van der Waals surface area contributed by atoms with Gasteiger partial charge in [0.2, 0.25) is 0 Å². The average molecular weight is 330 g/mol. The van der Waals surface area contributed by atoms with Crippen LogP contribution < -0.4 is 10.6 Å². The first-order valence-electron chi connectivity index (χ1n) is 7.92. The molecule has 2 N–H and O–H groups in total. The Balaban J connectivity index is 1.61. The number of hydrogen-bond donors (Lipinski definition) is 2. The molecule has 3 rings (SSSR count). The zero-order valence-electron chi connectivity index (χ0n) is 13.5. The number of benzene rings is 1. The SMILES string of the molecule is CC(C)NC(=O)Nc1nc2c(s1)CN(Cc1ccccc1)CC2. The van der Waals surface area contributed by atoms with Crippen LogP contribution in [0.1, 0.15) is 30.0 Å². The van der Waals surface area contributed by atoms with E-state index in [1.165, 1.54) is 10.4 Å². The number of hydrogen-bond acceptors (Lipinski definition) is 4. The largest absolute Gasteiger partial charge is 0.336 e. The van der Waals surface area contributed by atoms with Gasteiger partial charge < -0.3 is 5.32 Å². The van der Waals surface area contributed by atoms with Crippen LogP contribution in [-0.2, 0) is 19.5 Å². The number of amides is 2. The molecular weight excluding hydrogens is 308 g/mol. The Morgan fingerprint density at radius 1 is 1.35 bits per heavy atom. The molecule has 0 saturated heterocycles. The molecule has 5 nitrogen and oxygen atoms in total. The van der Waals surface area contributed by atoms with E-state index in [1.54, 1.807) is 11.3 Å². The maximum atomic E-state index is 11.8. The number of nitrogens with zero attached hydrogens (tertiary/aromatic N) is 2. The molecule has 0 fully saturated rings. The van der Waals surface area contributed by atoms with E-state index in [0.29, 0.717) is 5.13 Å². The van der Waals surface area contributed by atoms with Gasteiger partial charge in [0.1, 0.15) is 0 Å². The normalized spacial score (nSPS) is 14.6. The number of anilines is 1. The van der Waals surface area contributed by atoms with E-state index in [0.717, 1.165) is 31.7 Å². The lowest BCUT2D eigenvalue weighted by Crippen LogP contribution is -2.34. The zero-order chi connectivity index (χ0) is 16.2. The van der Waals surface area contributed by atoms with Crippen LogP contribution in [0.5, 0.6) is 0 Å². The summed E-state index contributed by atoms with van der Waals surface area (Å²) in [6.07, 6.45) is 0.937. The lowest BCUT2D eigenvalue weighted by molar-refractivity contribution is 0.247. The van der Waals surface area contributed by atoms with Crippen LogP contribution in [0.3, 0.4) is 0 Å². The number of rotatable bonds is 4. The Hall–Kier alpha value is -1.92. The van der Waals surface area contributed by atoms with Gasteiger partial charge in [0.25, 0.3) is 0 Å². The standard InChI is InChI=1S/C17H22N4OS/c1-12(2)18-16(22)20-17-19-14-8-9-21(11-15(14)23-17)10-13-6-4-3-5-7-13/h3-7,12H,8-11H2,1-2H3,(H2,18,19,20,22). The van der Waals surface area contributed by atoms with Crippen molar-refractivity contribution in [3.63, 3.8) is 0 Å². The predicted molar refractivity (Wildman–Crippen MR) is 93.7 cm³/mol. The third-order valence-electron chi connectivity index (χ3n) is 3.70. The van der Waals surface area contributed by atoms with Gasteiger partial charge in [0, 0.05) is 37.0 Å². The molecule has 0 bridgehead atoms. The summed E-state index contributed by atoms with van der Waals surface area (Å²) in [7, 11) is 0. The van der Waals surface area contributed by atoms with Crippen LogP contribution in [0.2, 0.25) is 0 Å². The Labute approximate surface area is 140 Å². The fraction of sp³-hybridized carbons (Fsp3) is 0.412. The van der Waals surface area contributed by atoms with E-state index in [9.17, 15) is 4.79 Å². The van der Waals surface area contributed by atoms with Crippen LogP contribution in [0.4, 0.5) is 9.93 Å². The number of carbonyl (C=O) groups excluding carboxylic acids is 1. The lowest BCUT2D eigenvalue weighted by atomic mass is 10.1. The Morgan fingerprint density at radius 3 is 2.87 bits per heavy atom. The monoisotopic (exact) mass is 330 g/mol. The number of thiazole rings is 1. The second-order valence-corrected chi connectivity index (χ2v) is 7.17. The van der Waals surface area contributed by atoms with Crippen molar-refractivity contribution in [2.75, 3.05) is 11.9 Å². The smallest absolute Gasteiger partial charge is 0.321 e. The third kappa shape index (κ3) is 4.30. The molecule has 2 heterocycles. The van der Waals surface area contributed by atoms with Gasteiger partial charge in [-0.25, -0.2) is 9.78 Å². The number of aromatic nitrogens is 1. The van der Waals surface area contributed by atoms with Gasteiger partial charge >= 0.3 is 6.03 Å². The number of fused-ring (bicyclic) bond motifs is 1. The molecule has 0 atom stereocenters. The van der Waals surface area contributed by atoms with Gasteiger partial charge in [-0.1, -0.05) is 30.3 Å². The number of urea groups is 1. The van der Waals surface area contributed by atoms with Crippen molar-refractivity contribution in [1.82, 2.24) is 15.2 Å². The van der Waals surface area contributed by atoms with Gasteiger partial charge in [-0.05, 0) is 19.4 Å². The highest BCUT2D eigenvalue weighted by atomic mass is 32.1. The van der Waals surface area contributed by atoms with Gasteiger partial charge in [-0.3, -0.25) is 10.2 Å². The Kier molecular flexibility index (Phi) is 4.93. The third-order valence-corrected chi connectivity index (χ3v) is 4.70. The second kappa shape index (κ2) is 7.10. The topological polar surface area (TPSA) is 57.3 Å². The van der Waals surface area contributed by atoms with Crippen molar-refractivity contribution in [2.24, 2.45) is 0 Å². The van der Waals surface area contributed by atoms with E-state index in [4.69, 9.17) is 0 Å². The summed E-state index contributed by atoms with van der Waals surface area (Å²) < 4.78 is 0. The van der Waals surface area contributed by atoms with Gasteiger partial charge in [0.15, 0.2) is 5.13 Å². The fourth-order valence-corrected chi connectivity index (χ4v) is 3.72. The van der Waals surface area contributed by atoms with Crippen molar-refractivity contribution in [3.8, 4) is 0 Å². The maximum Gasteiger partial charge on any atom is 0.321 e. The predicted octanol–water partition coefficient (Wildman–Crippen LogP) is 3.23. The average Bonchev–Trinajstić information content (AvgIpc) is 2.88. The van der Waals surface area contributed by atoms with E-state index < -0.39 is 0 Å². The Morgan fingerprint density at radius 2 is 2.13 bits per heavy atom. The molecule has 6 heteroatoms. The molecule has 0 radical (unpaired) electrons. The summed E-state index contributed by atoms with van der Waals surface area (Å²) in [6.45, 7) is 6.73. The highest BCUT2D eigenvalue weighted by Gasteiger charge is 2.21. The molecule has 1 aromatic carbocycles. The zero-order valence-corrected chi connectivity index (χ0v) is 14.3. The summed E-state index contributed by atoms with van der Waals surface area (Å²) in [4.78, 5) is 20.0. The van der Waals surface area contributed by atoms with Crippen LogP contribution in [0.15, 0.2) is 30.3 Å². The van der Waals surface area contributed by atoms with E-state index in [-0.39, 0.29) is 12.1 Å². The molecule has 1 aromatic heterocycles. The molecule has 0 saturated carbocycles. The fourth-order valence-electron chi connectivity index (χ4n) is 2.67. The van der Waals surface area contributed by atoms with Crippen LogP contribution in [0.25, 0.3) is 0 Å². The summed E-state index contributed by atoms with van der Waals surface area (Å²) in [5.74, 6) is 0. The molecule has 23 heavy (non-hydrogen) atoms.